The smallest absolute Gasteiger partial charge is 1.00 e. The van der Waals surface area contributed by atoms with Gasteiger partial charge in [0.1, 0.15) is 0 Å². The standard InChI is InChI=1S/C17H24P.C13H9.2ClH.Ti/c1-5-13(3)18(14(4)6-2)17-11-15-9-7-8-10-16(15)12-17;1-3-7-12-10(5-1)9-11-6-2-4-8-13(11)12;;;/h7-14H,5-6H2,1-4H3;1-5,7-8H,9H2;2*1H;/q2*-1;;;+4/p-2. The zero-order valence-electron chi connectivity index (χ0n) is 20.5. The van der Waals surface area contributed by atoms with E-state index < -0.39 is 0 Å². The van der Waals surface area contributed by atoms with Crippen LogP contribution in [0, 0.1) is 6.07 Å². The van der Waals surface area contributed by atoms with Crippen molar-refractivity contribution >= 4 is 24.0 Å². The van der Waals surface area contributed by atoms with Gasteiger partial charge < -0.3 is 24.8 Å². The van der Waals surface area contributed by atoms with Gasteiger partial charge in [-0.2, -0.15) is 35.9 Å². The number of rotatable bonds is 5. The van der Waals surface area contributed by atoms with Gasteiger partial charge in [0, 0.05) is 0 Å². The number of hydrogen-bond acceptors (Lipinski definition) is 0. The quantitative estimate of drug-likeness (QED) is 0.182. The van der Waals surface area contributed by atoms with Gasteiger partial charge in [0.05, 0.1) is 0 Å². The summed E-state index contributed by atoms with van der Waals surface area (Å²) in [4.78, 5) is 0. The predicted octanol–water partition coefficient (Wildman–Crippen LogP) is 2.33. The summed E-state index contributed by atoms with van der Waals surface area (Å²) < 4.78 is 0. The Morgan fingerprint density at radius 1 is 0.853 bits per heavy atom. The Hall–Kier alpha value is -1.01. The third-order valence-corrected chi connectivity index (χ3v) is 10.1. The third kappa shape index (κ3) is 6.81. The molecule has 4 aromatic carbocycles. The molecule has 0 nitrogen and oxygen atoms in total. The summed E-state index contributed by atoms with van der Waals surface area (Å²) in [6, 6.07) is 31.7. The first-order chi connectivity index (χ1) is 15.1. The Morgan fingerprint density at radius 3 is 2.15 bits per heavy atom. The van der Waals surface area contributed by atoms with Gasteiger partial charge in [0.2, 0.25) is 0 Å². The van der Waals surface area contributed by atoms with E-state index in [0.717, 1.165) is 17.7 Å². The maximum Gasteiger partial charge on any atom is 4.00 e. The largest absolute Gasteiger partial charge is 4.00 e. The fraction of sp³-hybridized carbons (Fsp3) is 0.300. The number of halogens is 2. The van der Waals surface area contributed by atoms with Crippen LogP contribution in [0.25, 0.3) is 21.9 Å². The zero-order chi connectivity index (χ0) is 21.8. The van der Waals surface area contributed by atoms with Crippen LogP contribution < -0.4 is 30.1 Å². The summed E-state index contributed by atoms with van der Waals surface area (Å²) in [6.45, 7) is 9.50. The van der Waals surface area contributed by atoms with Crippen molar-refractivity contribution < 1.29 is 46.5 Å². The van der Waals surface area contributed by atoms with Crippen molar-refractivity contribution in [1.29, 1.82) is 0 Å². The average Bonchev–Trinajstić information content (AvgIpc) is 3.40. The maximum absolute atomic E-state index is 3.30. The summed E-state index contributed by atoms with van der Waals surface area (Å²) >= 11 is 0. The molecule has 0 bridgehead atoms. The predicted molar refractivity (Wildman–Crippen MR) is 139 cm³/mol. The van der Waals surface area contributed by atoms with Gasteiger partial charge in [0.15, 0.2) is 0 Å². The molecular formula is C30H33Cl2PTi. The van der Waals surface area contributed by atoms with Crippen LogP contribution in [0.4, 0.5) is 0 Å². The van der Waals surface area contributed by atoms with E-state index in [-0.39, 0.29) is 54.5 Å². The van der Waals surface area contributed by atoms with E-state index in [4.69, 9.17) is 0 Å². The Morgan fingerprint density at radius 2 is 1.47 bits per heavy atom. The monoisotopic (exact) mass is 542 g/mol. The van der Waals surface area contributed by atoms with E-state index in [1.807, 2.05) is 6.07 Å². The number of hydrogen-bond donors (Lipinski definition) is 0. The molecule has 0 N–H and O–H groups in total. The van der Waals surface area contributed by atoms with Gasteiger partial charge in [0.25, 0.3) is 0 Å². The van der Waals surface area contributed by atoms with Crippen molar-refractivity contribution in [3.05, 3.63) is 96.1 Å². The molecule has 1 aliphatic carbocycles. The van der Waals surface area contributed by atoms with E-state index in [9.17, 15) is 0 Å². The number of fused-ring (bicyclic) bond motifs is 4. The van der Waals surface area contributed by atoms with Crippen LogP contribution in [-0.4, -0.2) is 11.3 Å². The Kier molecular flexibility index (Phi) is 13.3. The number of benzene rings is 3. The molecule has 1 aliphatic rings. The van der Waals surface area contributed by atoms with Crippen molar-refractivity contribution in [3.8, 4) is 11.1 Å². The van der Waals surface area contributed by atoms with Crippen molar-refractivity contribution in [2.24, 2.45) is 0 Å². The summed E-state index contributed by atoms with van der Waals surface area (Å²) in [6.07, 6.45) is 3.63. The van der Waals surface area contributed by atoms with Crippen molar-refractivity contribution in [2.45, 2.75) is 58.3 Å². The molecule has 0 saturated carbocycles. The molecule has 5 rings (SSSR count). The fourth-order valence-corrected chi connectivity index (χ4v) is 7.87. The minimum absolute atomic E-state index is 0. The van der Waals surface area contributed by atoms with E-state index >= 15 is 0 Å². The summed E-state index contributed by atoms with van der Waals surface area (Å²) in [7, 11) is -0.0252. The van der Waals surface area contributed by atoms with Crippen LogP contribution in [0.3, 0.4) is 0 Å². The van der Waals surface area contributed by atoms with Crippen molar-refractivity contribution in [2.75, 3.05) is 0 Å². The summed E-state index contributed by atoms with van der Waals surface area (Å²) in [5.41, 5.74) is 7.16. The van der Waals surface area contributed by atoms with E-state index in [1.54, 1.807) is 5.30 Å². The molecular weight excluding hydrogens is 510 g/mol. The molecule has 4 aromatic rings. The minimum atomic E-state index is -0.0252. The summed E-state index contributed by atoms with van der Waals surface area (Å²) in [5, 5.41) is 4.42. The molecule has 34 heavy (non-hydrogen) atoms. The van der Waals surface area contributed by atoms with E-state index in [1.165, 1.54) is 45.9 Å². The van der Waals surface area contributed by atoms with Gasteiger partial charge in [-0.3, -0.25) is 0 Å². The van der Waals surface area contributed by atoms with E-state index in [0.29, 0.717) is 0 Å². The van der Waals surface area contributed by atoms with Crippen LogP contribution >= 0.6 is 7.92 Å². The molecule has 0 aliphatic heterocycles. The molecule has 0 aromatic heterocycles. The average molecular weight is 543 g/mol. The molecule has 0 spiro atoms. The van der Waals surface area contributed by atoms with Crippen LogP contribution in [0.2, 0.25) is 0 Å². The van der Waals surface area contributed by atoms with Gasteiger partial charge in [-0.25, -0.2) is 0 Å². The first-order valence-electron chi connectivity index (χ1n) is 11.6. The molecule has 0 radical (unpaired) electrons. The topological polar surface area (TPSA) is 0 Å². The molecule has 0 heterocycles. The minimum Gasteiger partial charge on any atom is -1.00 e. The Balaban J connectivity index is 0.000000323. The summed E-state index contributed by atoms with van der Waals surface area (Å²) in [5.74, 6) is 0. The zero-order valence-corrected chi connectivity index (χ0v) is 24.5. The molecule has 0 amide bonds. The van der Waals surface area contributed by atoms with Crippen LogP contribution in [0.15, 0.2) is 78.9 Å². The van der Waals surface area contributed by atoms with Gasteiger partial charge in [-0.1, -0.05) is 77.1 Å². The fourth-order valence-electron chi connectivity index (χ4n) is 4.62. The molecule has 4 heteroatoms. The van der Waals surface area contributed by atoms with Crippen molar-refractivity contribution in [3.63, 3.8) is 0 Å². The second kappa shape index (κ2) is 14.5. The SMILES string of the molecule is CCC(C)P(c1cc2ccccc2[cH-]1)C(C)CC.[Cl-].[Cl-].[Ti+4].[c-]1cccc2c1Cc1ccccc1-2. The molecule has 0 fully saturated rings. The van der Waals surface area contributed by atoms with Gasteiger partial charge >= 0.3 is 21.7 Å². The Bertz CT molecular complexity index is 1070. The van der Waals surface area contributed by atoms with E-state index in [2.05, 4.69) is 107 Å². The van der Waals surface area contributed by atoms with Crippen LogP contribution in [0.5, 0.6) is 0 Å². The normalized spacial score (nSPS) is 13.5. The Labute approximate surface area is 234 Å². The van der Waals surface area contributed by atoms with Crippen LogP contribution in [0.1, 0.15) is 51.7 Å². The molecule has 2 unspecified atom stereocenters. The molecule has 2 atom stereocenters. The second-order valence-corrected chi connectivity index (χ2v) is 11.8. The molecule has 176 valence electrons. The van der Waals surface area contributed by atoms with Gasteiger partial charge in [-0.15, -0.1) is 45.9 Å². The third-order valence-electron chi connectivity index (χ3n) is 6.65. The van der Waals surface area contributed by atoms with Gasteiger partial charge in [-0.05, 0) is 30.6 Å². The second-order valence-electron chi connectivity index (χ2n) is 8.66. The molecule has 0 saturated heterocycles. The first-order valence-corrected chi connectivity index (χ1v) is 13.1. The van der Waals surface area contributed by atoms with Crippen LogP contribution in [-0.2, 0) is 28.1 Å². The van der Waals surface area contributed by atoms with Crippen molar-refractivity contribution in [1.82, 2.24) is 0 Å². The first kappa shape index (κ1) is 31.0. The maximum atomic E-state index is 3.30.